The number of piperazine rings is 1. The number of nitrogens with zero attached hydrogens (tertiary/aromatic N) is 3. The number of likely N-dealkylation sites (N-methyl/N-ethyl adjacent to an activating group) is 1. The lowest BCUT2D eigenvalue weighted by Gasteiger charge is -2.35. The van der Waals surface area contributed by atoms with Crippen LogP contribution in [0.2, 0.25) is 0 Å². The molecule has 8 heteroatoms. The van der Waals surface area contributed by atoms with E-state index < -0.39 is 0 Å². The summed E-state index contributed by atoms with van der Waals surface area (Å²) in [5, 5.41) is 4.61. The zero-order chi connectivity index (χ0) is 21.3. The first-order chi connectivity index (χ1) is 14.5. The Labute approximate surface area is 179 Å². The quantitative estimate of drug-likeness (QED) is 0.747. The lowest BCUT2D eigenvalue weighted by molar-refractivity contribution is -0.121. The van der Waals surface area contributed by atoms with E-state index in [1.165, 1.54) is 23.2 Å². The maximum atomic E-state index is 13.5. The molecule has 1 aromatic carbocycles. The van der Waals surface area contributed by atoms with E-state index in [0.29, 0.717) is 35.7 Å². The minimum Gasteiger partial charge on any atom is -0.364 e. The molecule has 0 aliphatic carbocycles. The summed E-state index contributed by atoms with van der Waals surface area (Å²) in [6.07, 6.45) is 0. The summed E-state index contributed by atoms with van der Waals surface area (Å²) in [6.45, 7) is 7.70. The van der Waals surface area contributed by atoms with Crippen molar-refractivity contribution >= 4 is 46.0 Å². The van der Waals surface area contributed by atoms with Gasteiger partial charge in [-0.25, -0.2) is 4.90 Å². The molecule has 1 aromatic heterocycles. The topological polar surface area (TPSA) is 73.0 Å². The highest BCUT2D eigenvalue weighted by Crippen LogP contribution is 2.37. The van der Waals surface area contributed by atoms with Gasteiger partial charge in [0.15, 0.2) is 0 Å². The average molecular weight is 425 g/mol. The van der Waals surface area contributed by atoms with Gasteiger partial charge in [0.25, 0.3) is 11.8 Å². The molecule has 0 radical (unpaired) electrons. The molecule has 0 atom stereocenters. The summed E-state index contributed by atoms with van der Waals surface area (Å²) >= 11 is 1.46. The second-order valence-corrected chi connectivity index (χ2v) is 8.24. The first-order valence-electron chi connectivity index (χ1n) is 10.0. The molecule has 3 heterocycles. The van der Waals surface area contributed by atoms with E-state index in [4.69, 9.17) is 0 Å². The van der Waals surface area contributed by atoms with Gasteiger partial charge in [-0.2, -0.15) is 0 Å². The minimum absolute atomic E-state index is 0.175. The number of carbonyl (C=O) groups excluding carboxylic acids is 3. The van der Waals surface area contributed by atoms with E-state index >= 15 is 0 Å². The standard InChI is InChI=1S/C22H24N4O3S/c1-3-24-10-12-25(13-11-24)20-19(18-5-4-14-30-18)21(28)26(22(20)29)17-8-6-16(7-9-17)23-15(2)27/h4-9,14H,3,10-13H2,1-2H3,(H,23,27). The molecule has 0 bridgehead atoms. The van der Waals surface area contributed by atoms with Crippen LogP contribution in [0.3, 0.4) is 0 Å². The van der Waals surface area contributed by atoms with Crippen LogP contribution in [0.25, 0.3) is 5.57 Å². The monoisotopic (exact) mass is 424 g/mol. The van der Waals surface area contributed by atoms with E-state index in [-0.39, 0.29) is 17.7 Å². The van der Waals surface area contributed by atoms with Crippen LogP contribution >= 0.6 is 11.3 Å². The van der Waals surface area contributed by atoms with Crippen molar-refractivity contribution in [3.8, 4) is 0 Å². The van der Waals surface area contributed by atoms with E-state index in [0.717, 1.165) is 24.5 Å². The second-order valence-electron chi connectivity index (χ2n) is 7.30. The lowest BCUT2D eigenvalue weighted by atomic mass is 10.1. The molecule has 0 unspecified atom stereocenters. The van der Waals surface area contributed by atoms with Crippen LogP contribution in [-0.2, 0) is 14.4 Å². The summed E-state index contributed by atoms with van der Waals surface area (Å²) in [6, 6.07) is 10.5. The van der Waals surface area contributed by atoms with Crippen molar-refractivity contribution in [3.05, 3.63) is 52.4 Å². The molecule has 0 saturated carbocycles. The number of benzene rings is 1. The van der Waals surface area contributed by atoms with Crippen molar-refractivity contribution in [3.63, 3.8) is 0 Å². The highest BCUT2D eigenvalue weighted by Gasteiger charge is 2.43. The Morgan fingerprint density at radius 1 is 1.03 bits per heavy atom. The molecule has 1 N–H and O–H groups in total. The van der Waals surface area contributed by atoms with Gasteiger partial charge in [0, 0.05) is 43.7 Å². The van der Waals surface area contributed by atoms with E-state index in [1.807, 2.05) is 22.4 Å². The molecule has 4 rings (SSSR count). The molecular weight excluding hydrogens is 400 g/mol. The van der Waals surface area contributed by atoms with Gasteiger partial charge in [0.05, 0.1) is 11.3 Å². The summed E-state index contributed by atoms with van der Waals surface area (Å²) in [7, 11) is 0. The Hall–Kier alpha value is -2.97. The number of amides is 3. The Kier molecular flexibility index (Phi) is 5.69. The highest BCUT2D eigenvalue weighted by atomic mass is 32.1. The maximum absolute atomic E-state index is 13.5. The normalized spacial score (nSPS) is 17.8. The summed E-state index contributed by atoms with van der Waals surface area (Å²) in [4.78, 5) is 44.5. The van der Waals surface area contributed by atoms with Crippen LogP contribution in [0.1, 0.15) is 18.7 Å². The number of imide groups is 1. The third kappa shape index (κ3) is 3.76. The van der Waals surface area contributed by atoms with Crippen LogP contribution in [0, 0.1) is 0 Å². The zero-order valence-electron chi connectivity index (χ0n) is 17.1. The fourth-order valence-corrected chi connectivity index (χ4v) is 4.64. The largest absolute Gasteiger partial charge is 0.364 e. The molecular formula is C22H24N4O3S. The number of rotatable bonds is 5. The number of hydrogen-bond donors (Lipinski definition) is 1. The summed E-state index contributed by atoms with van der Waals surface area (Å²) in [5.74, 6) is -0.769. The van der Waals surface area contributed by atoms with Gasteiger partial charge in [-0.05, 0) is 42.3 Å². The molecule has 156 valence electrons. The van der Waals surface area contributed by atoms with Gasteiger partial charge in [-0.3, -0.25) is 14.4 Å². The molecule has 1 fully saturated rings. The van der Waals surface area contributed by atoms with Crippen molar-refractivity contribution in [2.75, 3.05) is 42.9 Å². The van der Waals surface area contributed by atoms with Crippen LogP contribution < -0.4 is 10.2 Å². The molecule has 0 spiro atoms. The van der Waals surface area contributed by atoms with Gasteiger partial charge in [-0.15, -0.1) is 11.3 Å². The van der Waals surface area contributed by atoms with Crippen LogP contribution in [-0.4, -0.2) is 60.2 Å². The third-order valence-electron chi connectivity index (χ3n) is 5.41. The average Bonchev–Trinajstić information content (AvgIpc) is 3.35. The highest BCUT2D eigenvalue weighted by molar-refractivity contribution is 7.11. The number of hydrogen-bond acceptors (Lipinski definition) is 6. The zero-order valence-corrected chi connectivity index (χ0v) is 17.9. The summed E-state index contributed by atoms with van der Waals surface area (Å²) in [5.41, 5.74) is 2.08. The number of anilines is 2. The van der Waals surface area contributed by atoms with Crippen molar-refractivity contribution < 1.29 is 14.4 Å². The van der Waals surface area contributed by atoms with Gasteiger partial charge >= 0.3 is 0 Å². The van der Waals surface area contributed by atoms with Crippen LogP contribution in [0.15, 0.2) is 47.5 Å². The predicted octanol–water partition coefficient (Wildman–Crippen LogP) is 2.63. The van der Waals surface area contributed by atoms with Crippen molar-refractivity contribution in [1.82, 2.24) is 9.80 Å². The van der Waals surface area contributed by atoms with Gasteiger partial charge in [0.1, 0.15) is 5.70 Å². The lowest BCUT2D eigenvalue weighted by Crippen LogP contribution is -2.47. The Morgan fingerprint density at radius 2 is 1.73 bits per heavy atom. The molecule has 2 aliphatic rings. The van der Waals surface area contributed by atoms with Gasteiger partial charge < -0.3 is 15.1 Å². The van der Waals surface area contributed by atoms with Gasteiger partial charge in [0.2, 0.25) is 5.91 Å². The predicted molar refractivity (Wildman–Crippen MR) is 118 cm³/mol. The minimum atomic E-state index is -0.303. The molecule has 2 aromatic rings. The number of carbonyl (C=O) groups is 3. The molecule has 30 heavy (non-hydrogen) atoms. The number of thiophene rings is 1. The number of nitrogens with one attached hydrogen (secondary N) is 1. The Bertz CT molecular complexity index is 990. The van der Waals surface area contributed by atoms with E-state index in [1.54, 1.807) is 24.3 Å². The molecule has 7 nitrogen and oxygen atoms in total. The van der Waals surface area contributed by atoms with Crippen LogP contribution in [0.4, 0.5) is 11.4 Å². The smallest absolute Gasteiger partial charge is 0.282 e. The van der Waals surface area contributed by atoms with E-state index in [9.17, 15) is 14.4 Å². The van der Waals surface area contributed by atoms with Gasteiger partial charge in [-0.1, -0.05) is 13.0 Å². The fourth-order valence-electron chi connectivity index (χ4n) is 3.87. The third-order valence-corrected chi connectivity index (χ3v) is 6.30. The summed E-state index contributed by atoms with van der Waals surface area (Å²) < 4.78 is 0. The maximum Gasteiger partial charge on any atom is 0.282 e. The first-order valence-corrected chi connectivity index (χ1v) is 10.9. The second kappa shape index (κ2) is 8.41. The van der Waals surface area contributed by atoms with Crippen molar-refractivity contribution in [1.29, 1.82) is 0 Å². The Balaban J connectivity index is 1.67. The first kappa shape index (κ1) is 20.3. The Morgan fingerprint density at radius 3 is 2.30 bits per heavy atom. The fraction of sp³-hybridized carbons (Fsp3) is 0.318. The molecule has 1 saturated heterocycles. The van der Waals surface area contributed by atoms with Crippen molar-refractivity contribution in [2.24, 2.45) is 0 Å². The van der Waals surface area contributed by atoms with Crippen LogP contribution in [0.5, 0.6) is 0 Å². The molecule has 2 aliphatic heterocycles. The van der Waals surface area contributed by atoms with E-state index in [2.05, 4.69) is 17.1 Å². The van der Waals surface area contributed by atoms with Crippen molar-refractivity contribution in [2.45, 2.75) is 13.8 Å². The molecule has 3 amide bonds. The SMILES string of the molecule is CCN1CCN(C2=C(c3cccs3)C(=O)N(c3ccc(NC(C)=O)cc3)C2=O)CC1.